The van der Waals surface area contributed by atoms with Gasteiger partial charge >= 0.3 is 0 Å². The van der Waals surface area contributed by atoms with Gasteiger partial charge in [0.2, 0.25) is 0 Å². The summed E-state index contributed by atoms with van der Waals surface area (Å²) in [6, 6.07) is 9.22. The van der Waals surface area contributed by atoms with Gasteiger partial charge in [-0.25, -0.2) is 4.39 Å². The molecule has 136 valence electrons. The summed E-state index contributed by atoms with van der Waals surface area (Å²) in [7, 11) is 0. The van der Waals surface area contributed by atoms with E-state index in [1.165, 1.54) is 30.8 Å². The lowest BCUT2D eigenvalue weighted by Gasteiger charge is -2.22. The number of rotatable bonds is 5. The first-order valence-electron chi connectivity index (χ1n) is 8.91. The van der Waals surface area contributed by atoms with E-state index in [1.807, 2.05) is 0 Å². The highest BCUT2D eigenvalue weighted by Crippen LogP contribution is 2.18. The van der Waals surface area contributed by atoms with E-state index in [9.17, 15) is 14.0 Å². The van der Waals surface area contributed by atoms with E-state index in [0.29, 0.717) is 5.56 Å². The van der Waals surface area contributed by atoms with Crippen molar-refractivity contribution >= 4 is 11.8 Å². The van der Waals surface area contributed by atoms with Crippen LogP contribution in [0.3, 0.4) is 0 Å². The van der Waals surface area contributed by atoms with Gasteiger partial charge in [0.15, 0.2) is 0 Å². The van der Waals surface area contributed by atoms with Crippen LogP contribution in [0.5, 0.6) is 0 Å². The van der Waals surface area contributed by atoms with Crippen molar-refractivity contribution in [2.24, 2.45) is 0 Å². The molecule has 1 aromatic heterocycles. The third kappa shape index (κ3) is 4.88. The average molecular weight is 355 g/mol. The number of nitrogens with one attached hydrogen (secondary N) is 2. The summed E-state index contributed by atoms with van der Waals surface area (Å²) in [5.41, 5.74) is 1.40. The highest BCUT2D eigenvalue weighted by atomic mass is 19.1. The summed E-state index contributed by atoms with van der Waals surface area (Å²) >= 11 is 0. The van der Waals surface area contributed by atoms with Crippen LogP contribution in [0.2, 0.25) is 0 Å². The lowest BCUT2D eigenvalue weighted by atomic mass is 9.95. The normalized spacial score (nSPS) is 14.7. The van der Waals surface area contributed by atoms with Crippen LogP contribution in [0.25, 0.3) is 0 Å². The summed E-state index contributed by atoms with van der Waals surface area (Å²) in [6.45, 7) is 0.263. The highest BCUT2D eigenvalue weighted by molar-refractivity contribution is 5.98. The minimum atomic E-state index is -0.373. The maximum atomic E-state index is 12.9. The van der Waals surface area contributed by atoms with Crippen molar-refractivity contribution in [2.75, 3.05) is 0 Å². The van der Waals surface area contributed by atoms with Crippen molar-refractivity contribution in [3.63, 3.8) is 0 Å². The predicted octanol–water partition coefficient (Wildman–Crippen LogP) is 3.21. The Morgan fingerprint density at radius 2 is 1.77 bits per heavy atom. The second-order valence-corrected chi connectivity index (χ2v) is 6.55. The molecular formula is C20H22FN3O2. The molecule has 1 aromatic carbocycles. The number of hydrogen-bond donors (Lipinski definition) is 2. The summed E-state index contributed by atoms with van der Waals surface area (Å²) in [6.07, 6.45) is 6.96. The van der Waals surface area contributed by atoms with Gasteiger partial charge in [-0.05, 0) is 42.7 Å². The molecule has 1 aliphatic rings. The van der Waals surface area contributed by atoms with E-state index >= 15 is 0 Å². The van der Waals surface area contributed by atoms with E-state index < -0.39 is 0 Å². The lowest BCUT2D eigenvalue weighted by molar-refractivity contribution is 0.0927. The van der Waals surface area contributed by atoms with Crippen molar-refractivity contribution in [1.82, 2.24) is 15.6 Å². The zero-order valence-electron chi connectivity index (χ0n) is 14.5. The van der Waals surface area contributed by atoms with Crippen molar-refractivity contribution in [1.29, 1.82) is 0 Å². The quantitative estimate of drug-likeness (QED) is 0.865. The van der Waals surface area contributed by atoms with Crippen molar-refractivity contribution in [3.8, 4) is 0 Å². The predicted molar refractivity (Wildman–Crippen MR) is 96.1 cm³/mol. The summed E-state index contributed by atoms with van der Waals surface area (Å²) < 4.78 is 12.9. The standard InChI is InChI=1S/C20H22FN3O2/c21-16-8-6-14(7-9-16)13-23-20(26)18-12-15(10-11-22-18)19(25)24-17-4-2-1-3-5-17/h6-12,17H,1-5,13H2,(H,23,26)(H,24,25). The molecule has 1 fully saturated rings. The Hall–Kier alpha value is -2.76. The van der Waals surface area contributed by atoms with Crippen LogP contribution < -0.4 is 10.6 Å². The maximum absolute atomic E-state index is 12.9. The van der Waals surface area contributed by atoms with E-state index in [-0.39, 0.29) is 35.9 Å². The number of amides is 2. The van der Waals surface area contributed by atoms with Crippen LogP contribution in [0.15, 0.2) is 42.6 Å². The Labute approximate surface area is 152 Å². The number of pyridine rings is 1. The van der Waals surface area contributed by atoms with Gasteiger partial charge in [0.25, 0.3) is 11.8 Å². The first-order chi connectivity index (χ1) is 12.6. The number of carbonyl (C=O) groups excluding carboxylic acids is 2. The molecule has 0 radical (unpaired) electrons. The monoisotopic (exact) mass is 355 g/mol. The molecule has 5 nitrogen and oxygen atoms in total. The number of hydrogen-bond acceptors (Lipinski definition) is 3. The average Bonchev–Trinajstić information content (AvgIpc) is 2.68. The maximum Gasteiger partial charge on any atom is 0.270 e. The Morgan fingerprint density at radius 3 is 2.50 bits per heavy atom. The first-order valence-corrected chi connectivity index (χ1v) is 8.91. The SMILES string of the molecule is O=C(NC1CCCCC1)c1ccnc(C(=O)NCc2ccc(F)cc2)c1. The molecule has 0 saturated heterocycles. The van der Waals surface area contributed by atoms with Crippen molar-refractivity contribution < 1.29 is 14.0 Å². The van der Waals surface area contributed by atoms with Crippen LogP contribution in [0.1, 0.15) is 58.5 Å². The minimum Gasteiger partial charge on any atom is -0.349 e. The topological polar surface area (TPSA) is 71.1 Å². The molecule has 6 heteroatoms. The van der Waals surface area contributed by atoms with E-state index in [0.717, 1.165) is 31.2 Å². The van der Waals surface area contributed by atoms with Gasteiger partial charge in [-0.3, -0.25) is 14.6 Å². The van der Waals surface area contributed by atoms with Crippen LogP contribution in [-0.2, 0) is 6.54 Å². The molecule has 3 rings (SSSR count). The lowest BCUT2D eigenvalue weighted by Crippen LogP contribution is -2.36. The fourth-order valence-corrected chi connectivity index (χ4v) is 3.09. The fraction of sp³-hybridized carbons (Fsp3) is 0.350. The number of halogens is 1. The number of nitrogens with zero attached hydrogens (tertiary/aromatic N) is 1. The molecule has 0 aliphatic heterocycles. The zero-order chi connectivity index (χ0) is 18.4. The van der Waals surface area contributed by atoms with Crippen LogP contribution in [0.4, 0.5) is 4.39 Å². The first kappa shape index (κ1) is 18.0. The molecule has 2 aromatic rings. The van der Waals surface area contributed by atoms with Gasteiger partial charge in [0.1, 0.15) is 11.5 Å². The molecule has 26 heavy (non-hydrogen) atoms. The highest BCUT2D eigenvalue weighted by Gasteiger charge is 2.18. The third-order valence-electron chi connectivity index (χ3n) is 4.56. The van der Waals surface area contributed by atoms with Gasteiger partial charge in [-0.1, -0.05) is 31.4 Å². The third-order valence-corrected chi connectivity index (χ3v) is 4.56. The van der Waals surface area contributed by atoms with Crippen LogP contribution in [-0.4, -0.2) is 22.8 Å². The minimum absolute atomic E-state index is 0.174. The number of benzene rings is 1. The number of aromatic nitrogens is 1. The summed E-state index contributed by atoms with van der Waals surface area (Å²) in [4.78, 5) is 28.7. The summed E-state index contributed by atoms with van der Waals surface area (Å²) in [5, 5.41) is 5.76. The molecule has 2 N–H and O–H groups in total. The Bertz CT molecular complexity index is 771. The molecular weight excluding hydrogens is 333 g/mol. The Morgan fingerprint density at radius 1 is 1.04 bits per heavy atom. The van der Waals surface area contributed by atoms with Gasteiger partial charge in [-0.2, -0.15) is 0 Å². The molecule has 0 atom stereocenters. The van der Waals surface area contributed by atoms with Gasteiger partial charge in [0.05, 0.1) is 0 Å². The number of carbonyl (C=O) groups is 2. The largest absolute Gasteiger partial charge is 0.349 e. The molecule has 2 amide bonds. The molecule has 1 saturated carbocycles. The van der Waals surface area contributed by atoms with Crippen molar-refractivity contribution in [2.45, 2.75) is 44.7 Å². The van der Waals surface area contributed by atoms with E-state index in [4.69, 9.17) is 0 Å². The summed E-state index contributed by atoms with van der Waals surface area (Å²) in [5.74, 6) is -0.869. The molecule has 1 heterocycles. The van der Waals surface area contributed by atoms with Gasteiger partial charge in [-0.15, -0.1) is 0 Å². The van der Waals surface area contributed by atoms with E-state index in [1.54, 1.807) is 18.2 Å². The van der Waals surface area contributed by atoms with Gasteiger partial charge < -0.3 is 10.6 Å². The molecule has 1 aliphatic carbocycles. The Balaban J connectivity index is 1.59. The molecule has 0 spiro atoms. The van der Waals surface area contributed by atoms with Crippen LogP contribution in [0, 0.1) is 5.82 Å². The van der Waals surface area contributed by atoms with E-state index in [2.05, 4.69) is 15.6 Å². The smallest absolute Gasteiger partial charge is 0.270 e. The molecule has 0 unspecified atom stereocenters. The van der Waals surface area contributed by atoms with Gasteiger partial charge in [0, 0.05) is 24.3 Å². The van der Waals surface area contributed by atoms with Crippen LogP contribution >= 0.6 is 0 Å². The van der Waals surface area contributed by atoms with Crippen molar-refractivity contribution in [3.05, 3.63) is 65.2 Å². The Kier molecular flexibility index (Phi) is 5.94. The molecule has 0 bridgehead atoms. The zero-order valence-corrected chi connectivity index (χ0v) is 14.5. The second-order valence-electron chi connectivity index (χ2n) is 6.55. The fourth-order valence-electron chi connectivity index (χ4n) is 3.09. The second kappa shape index (κ2) is 8.56.